The average Bonchev–Trinajstić information content (AvgIpc) is 2.32. The van der Waals surface area contributed by atoms with Crippen molar-refractivity contribution in [3.63, 3.8) is 0 Å². The fourth-order valence-corrected chi connectivity index (χ4v) is 1.43. The van der Waals surface area contributed by atoms with E-state index in [-0.39, 0.29) is 0 Å². The van der Waals surface area contributed by atoms with Crippen LogP contribution in [0.25, 0.3) is 0 Å². The largest absolute Gasteiger partial charge is 0.397 e. The fourth-order valence-electron chi connectivity index (χ4n) is 1.43. The van der Waals surface area contributed by atoms with Crippen molar-refractivity contribution in [1.29, 1.82) is 0 Å². The Labute approximate surface area is 100.0 Å². The predicted octanol–water partition coefficient (Wildman–Crippen LogP) is 3.57. The van der Waals surface area contributed by atoms with Gasteiger partial charge in [0.1, 0.15) is 11.4 Å². The molecule has 0 heterocycles. The molecule has 0 atom stereocenters. The number of anilines is 2. The number of rotatable bonds is 2. The number of hydrogen-bond acceptors (Lipinski definition) is 4. The van der Waals surface area contributed by atoms with E-state index in [0.29, 0.717) is 22.7 Å². The number of azo groups is 1. The van der Waals surface area contributed by atoms with Crippen molar-refractivity contribution in [1.82, 2.24) is 0 Å². The quantitative estimate of drug-likeness (QED) is 0.606. The van der Waals surface area contributed by atoms with Crippen LogP contribution in [0.5, 0.6) is 0 Å². The molecule has 0 saturated carbocycles. The van der Waals surface area contributed by atoms with Crippen molar-refractivity contribution in [3.8, 4) is 0 Å². The third-order valence-electron chi connectivity index (χ3n) is 2.39. The van der Waals surface area contributed by atoms with Gasteiger partial charge in [-0.15, -0.1) is 10.2 Å². The molecule has 2 rings (SSSR count). The number of nitrogens with zero attached hydrogens (tertiary/aromatic N) is 2. The van der Waals surface area contributed by atoms with Gasteiger partial charge >= 0.3 is 0 Å². The highest BCUT2D eigenvalue weighted by Gasteiger charge is 1.99. The summed E-state index contributed by atoms with van der Waals surface area (Å²) in [6.45, 7) is 1.98. The van der Waals surface area contributed by atoms with Gasteiger partial charge in [0.05, 0.1) is 11.4 Å². The highest BCUT2D eigenvalue weighted by molar-refractivity contribution is 5.65. The summed E-state index contributed by atoms with van der Waals surface area (Å²) in [7, 11) is 0. The zero-order valence-electron chi connectivity index (χ0n) is 9.59. The molecular formula is C13H14N4. The molecule has 0 amide bonds. The zero-order valence-corrected chi connectivity index (χ0v) is 9.59. The fraction of sp³-hybridized carbons (Fsp3) is 0.0769. The Morgan fingerprint density at radius 3 is 2.24 bits per heavy atom. The van der Waals surface area contributed by atoms with Gasteiger partial charge < -0.3 is 11.5 Å². The molecule has 86 valence electrons. The topological polar surface area (TPSA) is 76.8 Å². The smallest absolute Gasteiger partial charge is 0.109 e. The molecule has 0 radical (unpaired) electrons. The van der Waals surface area contributed by atoms with Crippen LogP contribution in [-0.2, 0) is 0 Å². The molecular weight excluding hydrogens is 212 g/mol. The van der Waals surface area contributed by atoms with Crippen LogP contribution in [0.15, 0.2) is 52.7 Å². The summed E-state index contributed by atoms with van der Waals surface area (Å²) in [5.41, 5.74) is 15.2. The first-order valence-electron chi connectivity index (χ1n) is 5.29. The van der Waals surface area contributed by atoms with Gasteiger partial charge in [-0.05, 0) is 36.8 Å². The summed E-state index contributed by atoms with van der Waals surface area (Å²) < 4.78 is 0. The first kappa shape index (κ1) is 11.1. The standard InChI is InChI=1S/C13H14N4/c1-9-6-7-11(15)13(8-9)17-16-12-5-3-2-4-10(12)14/h2-8H,14-15H2,1H3. The van der Waals surface area contributed by atoms with Crippen molar-refractivity contribution in [2.75, 3.05) is 11.5 Å². The first-order valence-corrected chi connectivity index (χ1v) is 5.29. The summed E-state index contributed by atoms with van der Waals surface area (Å²) in [6, 6.07) is 13.0. The minimum Gasteiger partial charge on any atom is -0.397 e. The zero-order chi connectivity index (χ0) is 12.3. The second-order valence-electron chi connectivity index (χ2n) is 3.82. The molecule has 0 aliphatic rings. The van der Waals surface area contributed by atoms with Crippen LogP contribution in [0, 0.1) is 6.92 Å². The van der Waals surface area contributed by atoms with E-state index >= 15 is 0 Å². The van der Waals surface area contributed by atoms with Crippen LogP contribution in [0.2, 0.25) is 0 Å². The van der Waals surface area contributed by atoms with E-state index in [1.165, 1.54) is 0 Å². The van der Waals surface area contributed by atoms with E-state index in [1.807, 2.05) is 43.3 Å². The lowest BCUT2D eigenvalue weighted by Gasteiger charge is -2.01. The van der Waals surface area contributed by atoms with Crippen LogP contribution in [0.4, 0.5) is 22.7 Å². The Bertz CT molecular complexity index is 561. The van der Waals surface area contributed by atoms with E-state index in [4.69, 9.17) is 11.5 Å². The lowest BCUT2D eigenvalue weighted by molar-refractivity contribution is 1.23. The van der Waals surface area contributed by atoms with E-state index < -0.39 is 0 Å². The Balaban J connectivity index is 2.32. The lowest BCUT2D eigenvalue weighted by Crippen LogP contribution is -1.86. The molecule has 4 nitrogen and oxygen atoms in total. The van der Waals surface area contributed by atoms with Gasteiger partial charge in [-0.2, -0.15) is 0 Å². The highest BCUT2D eigenvalue weighted by atomic mass is 15.1. The van der Waals surface area contributed by atoms with Gasteiger partial charge in [-0.25, -0.2) is 0 Å². The summed E-state index contributed by atoms with van der Waals surface area (Å²) in [4.78, 5) is 0. The first-order chi connectivity index (χ1) is 8.16. The summed E-state index contributed by atoms with van der Waals surface area (Å²) in [6.07, 6.45) is 0. The maximum atomic E-state index is 5.81. The summed E-state index contributed by atoms with van der Waals surface area (Å²) >= 11 is 0. The molecule has 0 aromatic heterocycles. The van der Waals surface area contributed by atoms with E-state index in [9.17, 15) is 0 Å². The molecule has 0 aliphatic carbocycles. The molecule has 0 bridgehead atoms. The number of nitrogens with two attached hydrogens (primary N) is 2. The highest BCUT2D eigenvalue weighted by Crippen LogP contribution is 2.27. The second kappa shape index (κ2) is 4.65. The molecule has 0 unspecified atom stereocenters. The molecule has 4 N–H and O–H groups in total. The van der Waals surface area contributed by atoms with E-state index in [2.05, 4.69) is 10.2 Å². The van der Waals surface area contributed by atoms with E-state index in [0.717, 1.165) is 5.56 Å². The number of para-hydroxylation sites is 1. The Morgan fingerprint density at radius 1 is 0.824 bits per heavy atom. The van der Waals surface area contributed by atoms with Crippen LogP contribution in [-0.4, -0.2) is 0 Å². The van der Waals surface area contributed by atoms with Gasteiger partial charge in [0.2, 0.25) is 0 Å². The summed E-state index contributed by atoms with van der Waals surface area (Å²) in [5, 5.41) is 8.22. The molecule has 2 aromatic rings. The maximum absolute atomic E-state index is 5.81. The van der Waals surface area contributed by atoms with Gasteiger partial charge in [0, 0.05) is 0 Å². The van der Waals surface area contributed by atoms with Crippen LogP contribution in [0.1, 0.15) is 5.56 Å². The molecule has 0 saturated heterocycles. The van der Waals surface area contributed by atoms with Crippen molar-refractivity contribution >= 4 is 22.7 Å². The Kier molecular flexibility index (Phi) is 3.05. The second-order valence-corrected chi connectivity index (χ2v) is 3.82. The van der Waals surface area contributed by atoms with Crippen LogP contribution in [0.3, 0.4) is 0 Å². The van der Waals surface area contributed by atoms with Crippen molar-refractivity contribution in [2.45, 2.75) is 6.92 Å². The molecule has 0 spiro atoms. The molecule has 0 fully saturated rings. The van der Waals surface area contributed by atoms with Crippen molar-refractivity contribution < 1.29 is 0 Å². The van der Waals surface area contributed by atoms with Gasteiger partial charge in [-0.1, -0.05) is 18.2 Å². The van der Waals surface area contributed by atoms with Crippen molar-refractivity contribution in [2.24, 2.45) is 10.2 Å². The number of hydrogen-bond donors (Lipinski definition) is 2. The summed E-state index contributed by atoms with van der Waals surface area (Å²) in [5.74, 6) is 0. The molecule has 2 aromatic carbocycles. The van der Waals surface area contributed by atoms with Crippen LogP contribution < -0.4 is 11.5 Å². The molecule has 4 heteroatoms. The minimum atomic E-state index is 0.600. The third kappa shape index (κ3) is 2.60. The average molecular weight is 226 g/mol. The molecule has 17 heavy (non-hydrogen) atoms. The predicted molar refractivity (Wildman–Crippen MR) is 70.6 cm³/mol. The van der Waals surface area contributed by atoms with E-state index in [1.54, 1.807) is 6.07 Å². The lowest BCUT2D eigenvalue weighted by atomic mass is 10.2. The maximum Gasteiger partial charge on any atom is 0.109 e. The van der Waals surface area contributed by atoms with Gasteiger partial charge in [0.25, 0.3) is 0 Å². The number of aryl methyl sites for hydroxylation is 1. The van der Waals surface area contributed by atoms with Gasteiger partial charge in [-0.3, -0.25) is 0 Å². The van der Waals surface area contributed by atoms with Gasteiger partial charge in [0.15, 0.2) is 0 Å². The number of nitrogen functional groups attached to an aromatic ring is 2. The Hall–Kier alpha value is -2.36. The minimum absolute atomic E-state index is 0.600. The molecule has 0 aliphatic heterocycles. The van der Waals surface area contributed by atoms with Crippen molar-refractivity contribution in [3.05, 3.63) is 48.0 Å². The Morgan fingerprint density at radius 2 is 1.47 bits per heavy atom. The normalized spacial score (nSPS) is 10.9. The monoisotopic (exact) mass is 226 g/mol. The SMILES string of the molecule is Cc1ccc(N)c(N=Nc2ccccc2N)c1. The third-order valence-corrected chi connectivity index (χ3v) is 2.39. The van der Waals surface area contributed by atoms with Crippen LogP contribution >= 0.6 is 0 Å². The number of benzene rings is 2.